The maximum absolute atomic E-state index is 14.6. The molecule has 6 heteroatoms. The molecule has 6 nitrogen and oxygen atoms in total. The van der Waals surface area contributed by atoms with Crippen molar-refractivity contribution in [2.75, 3.05) is 18.1 Å². The van der Waals surface area contributed by atoms with E-state index in [-0.39, 0.29) is 13.2 Å². The highest BCUT2D eigenvalue weighted by Gasteiger charge is 2.65. The van der Waals surface area contributed by atoms with E-state index in [2.05, 4.69) is 0 Å². The molecule has 0 N–H and O–H groups in total. The number of allylic oxidation sites excluding steroid dienone is 1. The van der Waals surface area contributed by atoms with Gasteiger partial charge in [-0.25, -0.2) is 14.5 Å². The first kappa shape index (κ1) is 23.5. The molecule has 3 aromatic carbocycles. The Morgan fingerprint density at radius 3 is 2.03 bits per heavy atom. The van der Waals surface area contributed by atoms with Crippen molar-refractivity contribution in [1.29, 1.82) is 0 Å². The van der Waals surface area contributed by atoms with Gasteiger partial charge >= 0.3 is 12.1 Å². The number of hydrogen-bond acceptors (Lipinski definition) is 5. The molecule has 5 rings (SSSR count). The molecule has 2 aliphatic rings. The molecule has 1 heterocycles. The third-order valence-electron chi connectivity index (χ3n) is 7.00. The zero-order chi connectivity index (χ0) is 25.3. The molecule has 0 bridgehead atoms. The zero-order valence-corrected chi connectivity index (χ0v) is 20.2. The molecular formula is C30H27NO5. The average molecular weight is 482 g/mol. The van der Waals surface area contributed by atoms with Gasteiger partial charge in [-0.05, 0) is 36.6 Å². The number of ether oxygens (including phenoxy) is 2. The summed E-state index contributed by atoms with van der Waals surface area (Å²) < 4.78 is 10.8. The molecule has 0 radical (unpaired) electrons. The molecule has 2 amide bonds. The van der Waals surface area contributed by atoms with Gasteiger partial charge < -0.3 is 9.47 Å². The second kappa shape index (κ2) is 9.46. The van der Waals surface area contributed by atoms with E-state index < -0.39 is 35.2 Å². The van der Waals surface area contributed by atoms with Crippen LogP contribution in [-0.2, 0) is 24.5 Å². The molecule has 0 saturated heterocycles. The molecule has 1 aliphatic carbocycles. The Hall–Kier alpha value is -4.19. The van der Waals surface area contributed by atoms with Crippen molar-refractivity contribution in [3.05, 3.63) is 113 Å². The quantitative estimate of drug-likeness (QED) is 0.450. The van der Waals surface area contributed by atoms with Crippen LogP contribution in [0.5, 0.6) is 0 Å². The minimum absolute atomic E-state index is 0.133. The maximum Gasteiger partial charge on any atom is 0.421 e. The highest BCUT2D eigenvalue weighted by atomic mass is 16.6. The summed E-state index contributed by atoms with van der Waals surface area (Å²) in [7, 11) is 0. The van der Waals surface area contributed by atoms with Gasteiger partial charge in [-0.1, -0.05) is 84.9 Å². The molecule has 3 unspecified atom stereocenters. The lowest BCUT2D eigenvalue weighted by atomic mass is 9.62. The highest BCUT2D eigenvalue weighted by Crippen LogP contribution is 2.63. The molecule has 0 aromatic heterocycles. The van der Waals surface area contributed by atoms with Crippen molar-refractivity contribution in [2.24, 2.45) is 0 Å². The van der Waals surface area contributed by atoms with Gasteiger partial charge in [0.25, 0.3) is 0 Å². The first-order valence-electron chi connectivity index (χ1n) is 12.1. The minimum atomic E-state index is -1.28. The number of benzene rings is 3. The lowest BCUT2D eigenvalue weighted by Crippen LogP contribution is -2.48. The number of para-hydroxylation sites is 1. The third-order valence-corrected chi connectivity index (χ3v) is 7.00. The third kappa shape index (κ3) is 3.44. The van der Waals surface area contributed by atoms with E-state index in [9.17, 15) is 14.4 Å². The largest absolute Gasteiger partial charge is 0.463 e. The summed E-state index contributed by atoms with van der Waals surface area (Å²) in [4.78, 5) is 42.3. The molecule has 0 fully saturated rings. The lowest BCUT2D eigenvalue weighted by Gasteiger charge is -2.37. The fraction of sp³-hybridized carbons (Fsp3) is 0.233. The summed E-state index contributed by atoms with van der Waals surface area (Å²) >= 11 is 0. The van der Waals surface area contributed by atoms with Gasteiger partial charge in [0.15, 0.2) is 0 Å². The Morgan fingerprint density at radius 1 is 0.806 bits per heavy atom. The number of rotatable bonds is 5. The molecule has 3 atom stereocenters. The van der Waals surface area contributed by atoms with Crippen LogP contribution in [0.25, 0.3) is 0 Å². The molecule has 1 spiro atoms. The van der Waals surface area contributed by atoms with Gasteiger partial charge in [-0.2, -0.15) is 0 Å². The number of esters is 1. The summed E-state index contributed by atoms with van der Waals surface area (Å²) in [5.74, 6) is -2.07. The first-order valence-corrected chi connectivity index (χ1v) is 12.1. The van der Waals surface area contributed by atoms with Crippen LogP contribution in [-0.4, -0.2) is 31.2 Å². The van der Waals surface area contributed by atoms with Crippen molar-refractivity contribution in [1.82, 2.24) is 0 Å². The van der Waals surface area contributed by atoms with Crippen LogP contribution < -0.4 is 4.90 Å². The number of imide groups is 1. The van der Waals surface area contributed by atoms with Gasteiger partial charge in [0.2, 0.25) is 5.91 Å². The van der Waals surface area contributed by atoms with Crippen LogP contribution in [0.3, 0.4) is 0 Å². The first-order chi connectivity index (χ1) is 17.6. The topological polar surface area (TPSA) is 72.9 Å². The van der Waals surface area contributed by atoms with Gasteiger partial charge in [0, 0.05) is 17.4 Å². The van der Waals surface area contributed by atoms with Gasteiger partial charge in [-0.15, -0.1) is 0 Å². The Bertz CT molecular complexity index is 1330. The molecule has 3 aromatic rings. The predicted molar refractivity (Wildman–Crippen MR) is 136 cm³/mol. The summed E-state index contributed by atoms with van der Waals surface area (Å²) in [6, 6.07) is 26.4. The van der Waals surface area contributed by atoms with Crippen molar-refractivity contribution >= 4 is 23.7 Å². The van der Waals surface area contributed by atoms with Crippen molar-refractivity contribution < 1.29 is 23.9 Å². The zero-order valence-electron chi connectivity index (χ0n) is 20.2. The maximum atomic E-state index is 14.6. The van der Waals surface area contributed by atoms with E-state index in [0.29, 0.717) is 16.8 Å². The Labute approximate surface area is 210 Å². The molecule has 1 aliphatic heterocycles. The van der Waals surface area contributed by atoms with E-state index in [4.69, 9.17) is 9.47 Å². The number of anilines is 1. The monoisotopic (exact) mass is 481 g/mol. The number of nitrogens with zero attached hydrogens (tertiary/aromatic N) is 1. The summed E-state index contributed by atoms with van der Waals surface area (Å²) in [6.45, 7) is 3.80. The Balaban J connectivity index is 1.84. The number of amides is 2. The Morgan fingerprint density at radius 2 is 1.39 bits per heavy atom. The van der Waals surface area contributed by atoms with Crippen LogP contribution in [0.15, 0.2) is 96.6 Å². The minimum Gasteiger partial charge on any atom is -0.463 e. The number of fused-ring (bicyclic) bond motifs is 2. The van der Waals surface area contributed by atoms with Crippen LogP contribution in [0.1, 0.15) is 42.4 Å². The fourth-order valence-corrected chi connectivity index (χ4v) is 5.72. The molecule has 36 heavy (non-hydrogen) atoms. The van der Waals surface area contributed by atoms with Gasteiger partial charge in [0.1, 0.15) is 0 Å². The highest BCUT2D eigenvalue weighted by molar-refractivity contribution is 6.23. The fourth-order valence-electron chi connectivity index (χ4n) is 5.72. The van der Waals surface area contributed by atoms with Crippen molar-refractivity contribution in [2.45, 2.75) is 31.1 Å². The second-order valence-electron chi connectivity index (χ2n) is 8.80. The Kier molecular flexibility index (Phi) is 6.18. The van der Waals surface area contributed by atoms with E-state index >= 15 is 0 Å². The summed E-state index contributed by atoms with van der Waals surface area (Å²) in [5.41, 5.74) is 1.94. The van der Waals surface area contributed by atoms with Gasteiger partial charge in [0.05, 0.1) is 24.3 Å². The standard InChI is InChI=1S/C30H27NO5/c1-3-35-27(32)22-19-24(20-13-7-5-8-14-20)30(26(22)21-15-9-6-10-16-21)23-17-11-12-18-25(23)31(28(30)33)29(34)36-4-2/h5-19,24,26H,3-4H2,1-2H3. The van der Waals surface area contributed by atoms with E-state index in [1.165, 1.54) is 0 Å². The average Bonchev–Trinajstić information content (AvgIpc) is 3.39. The predicted octanol–water partition coefficient (Wildman–Crippen LogP) is 5.50. The van der Waals surface area contributed by atoms with E-state index in [0.717, 1.165) is 16.0 Å². The number of hydrogen-bond donors (Lipinski definition) is 0. The summed E-state index contributed by atoms with van der Waals surface area (Å²) in [6.07, 6.45) is 1.13. The normalized spacial score (nSPS) is 22.3. The second-order valence-corrected chi connectivity index (χ2v) is 8.80. The summed E-state index contributed by atoms with van der Waals surface area (Å²) in [5, 5.41) is 0. The molecule has 182 valence electrons. The lowest BCUT2D eigenvalue weighted by molar-refractivity contribution is -0.138. The van der Waals surface area contributed by atoms with E-state index in [1.54, 1.807) is 26.0 Å². The van der Waals surface area contributed by atoms with Crippen molar-refractivity contribution in [3.8, 4) is 0 Å². The molecule has 0 saturated carbocycles. The van der Waals surface area contributed by atoms with Crippen molar-refractivity contribution in [3.63, 3.8) is 0 Å². The van der Waals surface area contributed by atoms with Crippen LogP contribution in [0, 0.1) is 0 Å². The van der Waals surface area contributed by atoms with Crippen LogP contribution >= 0.6 is 0 Å². The van der Waals surface area contributed by atoms with E-state index in [1.807, 2.05) is 78.9 Å². The number of carbonyl (C=O) groups excluding carboxylic acids is 3. The number of carbonyl (C=O) groups is 3. The molecular weight excluding hydrogens is 454 g/mol. The van der Waals surface area contributed by atoms with Crippen LogP contribution in [0.4, 0.5) is 10.5 Å². The SMILES string of the molecule is CCOC(=O)C1=CC(c2ccccc2)C2(C(=O)N(C(=O)OCC)c3ccccc32)C1c1ccccc1. The van der Waals surface area contributed by atoms with Gasteiger partial charge in [-0.3, -0.25) is 4.79 Å². The van der Waals surface area contributed by atoms with Crippen LogP contribution in [0.2, 0.25) is 0 Å². The smallest absolute Gasteiger partial charge is 0.421 e.